The van der Waals surface area contributed by atoms with Crippen molar-refractivity contribution in [1.29, 1.82) is 0 Å². The van der Waals surface area contributed by atoms with E-state index < -0.39 is 0 Å². The summed E-state index contributed by atoms with van der Waals surface area (Å²) in [5, 5.41) is 10.1. The molecule has 1 heterocycles. The van der Waals surface area contributed by atoms with Gasteiger partial charge in [-0.1, -0.05) is 17.7 Å². The molecule has 2 aromatic rings. The Morgan fingerprint density at radius 3 is 2.75 bits per heavy atom. The van der Waals surface area contributed by atoms with Gasteiger partial charge in [0.2, 0.25) is 0 Å². The molecule has 20 heavy (non-hydrogen) atoms. The second kappa shape index (κ2) is 6.98. The Balaban J connectivity index is 1.95. The van der Waals surface area contributed by atoms with Gasteiger partial charge >= 0.3 is 0 Å². The summed E-state index contributed by atoms with van der Waals surface area (Å²) in [6.07, 6.45) is 5.14. The SMILES string of the molecule is CN(/N=C/c1cccnc1)C(=S)Nc1ccc(Cl)cc1. The predicted molar refractivity (Wildman–Crippen MR) is 87.3 cm³/mol. The first kappa shape index (κ1) is 14.4. The molecule has 1 N–H and O–H groups in total. The third-order valence-corrected chi connectivity index (χ3v) is 3.07. The number of pyridine rings is 1. The summed E-state index contributed by atoms with van der Waals surface area (Å²) < 4.78 is 0. The smallest absolute Gasteiger partial charge is 0.193 e. The van der Waals surface area contributed by atoms with Crippen LogP contribution in [-0.2, 0) is 0 Å². The van der Waals surface area contributed by atoms with E-state index in [-0.39, 0.29) is 0 Å². The lowest BCUT2D eigenvalue weighted by Gasteiger charge is -2.15. The van der Waals surface area contributed by atoms with Crippen molar-refractivity contribution >= 4 is 40.8 Å². The number of hydrogen-bond acceptors (Lipinski definition) is 3. The van der Waals surface area contributed by atoms with Crippen molar-refractivity contribution in [2.75, 3.05) is 12.4 Å². The van der Waals surface area contributed by atoms with Crippen LogP contribution in [-0.4, -0.2) is 28.4 Å². The molecule has 0 unspecified atom stereocenters. The van der Waals surface area contributed by atoms with Crippen LogP contribution in [0.15, 0.2) is 53.9 Å². The monoisotopic (exact) mass is 304 g/mol. The molecule has 6 heteroatoms. The Hall–Kier alpha value is -1.98. The van der Waals surface area contributed by atoms with Crippen LogP contribution < -0.4 is 5.32 Å². The largest absolute Gasteiger partial charge is 0.331 e. The lowest BCUT2D eigenvalue weighted by Crippen LogP contribution is -2.26. The molecular formula is C14H13ClN4S. The van der Waals surface area contributed by atoms with Crippen LogP contribution in [0.1, 0.15) is 5.56 Å². The van der Waals surface area contributed by atoms with Gasteiger partial charge in [0, 0.05) is 35.7 Å². The van der Waals surface area contributed by atoms with Gasteiger partial charge in [0.15, 0.2) is 5.11 Å². The zero-order valence-corrected chi connectivity index (χ0v) is 12.4. The minimum Gasteiger partial charge on any atom is -0.331 e. The standard InChI is InChI=1S/C14H13ClN4S/c1-19(17-10-11-3-2-8-16-9-11)14(20)18-13-6-4-12(15)5-7-13/h2-10H,1H3,(H,18,20)/b17-10+. The molecule has 0 saturated carbocycles. The van der Waals surface area contributed by atoms with Gasteiger partial charge in [-0.3, -0.25) is 4.98 Å². The molecule has 0 atom stereocenters. The summed E-state index contributed by atoms with van der Waals surface area (Å²) in [6.45, 7) is 0. The normalized spacial score (nSPS) is 10.5. The zero-order chi connectivity index (χ0) is 14.4. The van der Waals surface area contributed by atoms with Gasteiger partial charge in [-0.05, 0) is 42.5 Å². The van der Waals surface area contributed by atoms with Crippen molar-refractivity contribution in [3.8, 4) is 0 Å². The Morgan fingerprint density at radius 2 is 2.10 bits per heavy atom. The summed E-state index contributed by atoms with van der Waals surface area (Å²) in [5.74, 6) is 0. The predicted octanol–water partition coefficient (Wildman–Crippen LogP) is 3.40. The number of thiocarbonyl (C=S) groups is 1. The quantitative estimate of drug-likeness (QED) is 0.536. The lowest BCUT2D eigenvalue weighted by molar-refractivity contribution is 0.557. The molecule has 0 spiro atoms. The number of rotatable bonds is 3. The van der Waals surface area contributed by atoms with Crippen LogP contribution in [0.3, 0.4) is 0 Å². The van der Waals surface area contributed by atoms with E-state index >= 15 is 0 Å². The highest BCUT2D eigenvalue weighted by atomic mass is 35.5. The van der Waals surface area contributed by atoms with E-state index in [9.17, 15) is 0 Å². The molecule has 1 aromatic heterocycles. The molecule has 0 aliphatic rings. The van der Waals surface area contributed by atoms with E-state index in [4.69, 9.17) is 23.8 Å². The summed E-state index contributed by atoms with van der Waals surface area (Å²) in [5.41, 5.74) is 1.77. The fraction of sp³-hybridized carbons (Fsp3) is 0.0714. The van der Waals surface area contributed by atoms with E-state index in [1.165, 1.54) is 0 Å². The number of nitrogens with one attached hydrogen (secondary N) is 1. The maximum Gasteiger partial charge on any atom is 0.193 e. The van der Waals surface area contributed by atoms with Crippen molar-refractivity contribution < 1.29 is 0 Å². The number of hydrogen-bond donors (Lipinski definition) is 1. The molecular weight excluding hydrogens is 292 g/mol. The lowest BCUT2D eigenvalue weighted by atomic mass is 10.3. The van der Waals surface area contributed by atoms with Crippen LogP contribution >= 0.6 is 23.8 Å². The molecule has 2 rings (SSSR count). The highest BCUT2D eigenvalue weighted by Gasteiger charge is 2.02. The zero-order valence-electron chi connectivity index (χ0n) is 10.8. The van der Waals surface area contributed by atoms with Gasteiger partial charge in [-0.15, -0.1) is 0 Å². The van der Waals surface area contributed by atoms with E-state index in [2.05, 4.69) is 15.4 Å². The molecule has 0 bridgehead atoms. The summed E-state index contributed by atoms with van der Waals surface area (Å²) in [7, 11) is 1.78. The van der Waals surface area contributed by atoms with Crippen molar-refractivity contribution in [1.82, 2.24) is 9.99 Å². The average molecular weight is 305 g/mol. The highest BCUT2D eigenvalue weighted by molar-refractivity contribution is 7.80. The maximum absolute atomic E-state index is 5.83. The van der Waals surface area contributed by atoms with E-state index in [1.807, 2.05) is 24.3 Å². The minimum absolute atomic E-state index is 0.493. The number of hydrazone groups is 1. The topological polar surface area (TPSA) is 40.5 Å². The van der Waals surface area contributed by atoms with Crippen molar-refractivity contribution in [2.45, 2.75) is 0 Å². The highest BCUT2D eigenvalue weighted by Crippen LogP contribution is 2.13. The molecule has 0 radical (unpaired) electrons. The van der Waals surface area contributed by atoms with Crippen molar-refractivity contribution in [2.24, 2.45) is 5.10 Å². The fourth-order valence-corrected chi connectivity index (χ4v) is 1.69. The van der Waals surface area contributed by atoms with Crippen LogP contribution in [0.5, 0.6) is 0 Å². The van der Waals surface area contributed by atoms with Crippen molar-refractivity contribution in [3.05, 3.63) is 59.4 Å². The Bertz CT molecular complexity index is 598. The molecule has 0 amide bonds. The molecule has 102 valence electrons. The second-order valence-corrected chi connectivity index (χ2v) is 4.81. The van der Waals surface area contributed by atoms with Gasteiger partial charge in [-0.25, -0.2) is 5.01 Å². The Labute approximate surface area is 128 Å². The molecule has 0 fully saturated rings. The van der Waals surface area contributed by atoms with Gasteiger partial charge in [0.05, 0.1) is 6.21 Å². The van der Waals surface area contributed by atoms with Crippen LogP contribution in [0.25, 0.3) is 0 Å². The number of halogens is 1. The second-order valence-electron chi connectivity index (χ2n) is 3.99. The molecule has 4 nitrogen and oxygen atoms in total. The molecule has 0 aliphatic carbocycles. The summed E-state index contributed by atoms with van der Waals surface area (Å²) in [4.78, 5) is 4.01. The van der Waals surface area contributed by atoms with Gasteiger partial charge in [0.25, 0.3) is 0 Å². The van der Waals surface area contributed by atoms with Crippen LogP contribution in [0.2, 0.25) is 5.02 Å². The average Bonchev–Trinajstić information content (AvgIpc) is 2.48. The Kier molecular flexibility index (Phi) is 5.03. The first-order valence-corrected chi connectivity index (χ1v) is 6.68. The maximum atomic E-state index is 5.83. The number of aromatic nitrogens is 1. The summed E-state index contributed by atoms with van der Waals surface area (Å²) in [6, 6.07) is 11.1. The van der Waals surface area contributed by atoms with Gasteiger partial charge < -0.3 is 5.32 Å². The number of anilines is 1. The molecule has 0 aliphatic heterocycles. The minimum atomic E-state index is 0.493. The van der Waals surface area contributed by atoms with Gasteiger partial charge in [0.1, 0.15) is 0 Å². The molecule has 0 saturated heterocycles. The van der Waals surface area contributed by atoms with Crippen LogP contribution in [0.4, 0.5) is 5.69 Å². The summed E-state index contributed by atoms with van der Waals surface area (Å²) >= 11 is 11.1. The van der Waals surface area contributed by atoms with E-state index in [1.54, 1.807) is 42.8 Å². The fourth-order valence-electron chi connectivity index (χ4n) is 1.40. The first-order valence-electron chi connectivity index (χ1n) is 5.89. The number of nitrogens with zero attached hydrogens (tertiary/aromatic N) is 3. The first-order chi connectivity index (χ1) is 9.65. The molecule has 1 aromatic carbocycles. The van der Waals surface area contributed by atoms with Crippen molar-refractivity contribution in [3.63, 3.8) is 0 Å². The number of benzene rings is 1. The van der Waals surface area contributed by atoms with E-state index in [0.29, 0.717) is 10.1 Å². The van der Waals surface area contributed by atoms with E-state index in [0.717, 1.165) is 11.3 Å². The van der Waals surface area contributed by atoms with Crippen LogP contribution in [0, 0.1) is 0 Å². The third-order valence-electron chi connectivity index (χ3n) is 2.45. The third kappa shape index (κ3) is 4.29. The van der Waals surface area contributed by atoms with Gasteiger partial charge in [-0.2, -0.15) is 5.10 Å². The Morgan fingerprint density at radius 1 is 1.35 bits per heavy atom.